The van der Waals surface area contributed by atoms with Gasteiger partial charge in [0.05, 0.1) is 20.3 Å². The monoisotopic (exact) mass is 428 g/mol. The fraction of sp³-hybridized carbons (Fsp3) is 0.312. The summed E-state index contributed by atoms with van der Waals surface area (Å²) in [6, 6.07) is 1.75. The Labute approximate surface area is 157 Å². The van der Waals surface area contributed by atoms with Crippen LogP contribution in [0.2, 0.25) is 0 Å². The number of halogens is 1. The van der Waals surface area contributed by atoms with Crippen molar-refractivity contribution in [2.75, 3.05) is 20.8 Å². The van der Waals surface area contributed by atoms with Crippen LogP contribution in [-0.4, -0.2) is 43.9 Å². The fourth-order valence-corrected chi connectivity index (χ4v) is 3.12. The summed E-state index contributed by atoms with van der Waals surface area (Å²) in [6.07, 6.45) is 0. The maximum Gasteiger partial charge on any atom is 0.341 e. The Morgan fingerprint density at radius 3 is 2.58 bits per heavy atom. The molecule has 1 aliphatic heterocycles. The summed E-state index contributed by atoms with van der Waals surface area (Å²) in [6.45, 7) is 3.17. The first-order valence-corrected chi connectivity index (χ1v) is 8.14. The molecule has 9 nitrogen and oxygen atoms in total. The average Bonchev–Trinajstić information content (AvgIpc) is 2.58. The molecular formula is C16H17BrN2O7. The zero-order chi connectivity index (χ0) is 19.4. The van der Waals surface area contributed by atoms with E-state index in [4.69, 9.17) is 19.3 Å². The van der Waals surface area contributed by atoms with Crippen molar-refractivity contribution in [3.05, 3.63) is 34.4 Å². The van der Waals surface area contributed by atoms with Gasteiger partial charge in [-0.25, -0.2) is 9.59 Å². The second-order valence-corrected chi connectivity index (χ2v) is 6.16. The van der Waals surface area contributed by atoms with Crippen molar-refractivity contribution in [1.29, 1.82) is 0 Å². The summed E-state index contributed by atoms with van der Waals surface area (Å²) in [7, 11) is 2.62. The number of aliphatic carboxylic acids is 1. The van der Waals surface area contributed by atoms with Crippen molar-refractivity contribution < 1.29 is 33.7 Å². The van der Waals surface area contributed by atoms with E-state index < -0.39 is 36.5 Å². The lowest BCUT2D eigenvalue weighted by Crippen LogP contribution is -2.51. The normalized spacial score (nSPS) is 19.2. The highest BCUT2D eigenvalue weighted by atomic mass is 79.9. The molecule has 1 aliphatic rings. The molecule has 0 radical (unpaired) electrons. The minimum absolute atomic E-state index is 0.194. The summed E-state index contributed by atoms with van der Waals surface area (Å²) in [5.74, 6) is -2.15. The molecule has 1 fully saturated rings. The van der Waals surface area contributed by atoms with Gasteiger partial charge in [0, 0.05) is 10.2 Å². The van der Waals surface area contributed by atoms with Crippen LogP contribution in [0.4, 0.5) is 4.79 Å². The van der Waals surface area contributed by atoms with Crippen LogP contribution in [0.1, 0.15) is 11.6 Å². The predicted molar refractivity (Wildman–Crippen MR) is 92.9 cm³/mol. The topological polar surface area (TPSA) is 123 Å². The molecule has 0 spiro atoms. The zero-order valence-corrected chi connectivity index (χ0v) is 15.6. The van der Waals surface area contributed by atoms with E-state index >= 15 is 0 Å². The van der Waals surface area contributed by atoms with Crippen molar-refractivity contribution in [3.63, 3.8) is 0 Å². The number of carbonyl (C=O) groups excluding carboxylic acids is 2. The van der Waals surface area contributed by atoms with Crippen LogP contribution in [0.25, 0.3) is 0 Å². The van der Waals surface area contributed by atoms with Crippen LogP contribution in [0.3, 0.4) is 0 Å². The molecule has 1 aromatic rings. The molecule has 2 atom stereocenters. The smallest absolute Gasteiger partial charge is 0.341 e. The summed E-state index contributed by atoms with van der Waals surface area (Å²) >= 11 is 3.35. The number of hydrogen-bond acceptors (Lipinski definition) is 6. The molecule has 0 saturated carbocycles. The Morgan fingerprint density at radius 2 is 2.00 bits per heavy atom. The van der Waals surface area contributed by atoms with E-state index in [-0.39, 0.29) is 17.2 Å². The maximum atomic E-state index is 12.2. The molecule has 26 heavy (non-hydrogen) atoms. The van der Waals surface area contributed by atoms with E-state index in [1.165, 1.54) is 20.3 Å². The molecule has 2 amide bonds. The van der Waals surface area contributed by atoms with Gasteiger partial charge in [-0.1, -0.05) is 22.5 Å². The number of esters is 1. The summed E-state index contributed by atoms with van der Waals surface area (Å²) < 4.78 is 15.7. The number of rotatable bonds is 6. The summed E-state index contributed by atoms with van der Waals surface area (Å²) in [5, 5.41) is 13.9. The molecule has 0 aromatic heterocycles. The molecule has 140 valence electrons. The SMILES string of the molecule is C=C1NC(=O)N[C@@H](c2cc(OC)c(OCC(=O)O)cc2Br)[C@@H]1C(=O)OC. The molecule has 1 aromatic carbocycles. The minimum atomic E-state index is -1.14. The van der Waals surface area contributed by atoms with Gasteiger partial charge >= 0.3 is 18.0 Å². The quantitative estimate of drug-likeness (QED) is 0.587. The third-order valence-electron chi connectivity index (χ3n) is 3.69. The molecule has 10 heteroatoms. The van der Waals surface area contributed by atoms with Crippen LogP contribution in [0.15, 0.2) is 28.9 Å². The highest BCUT2D eigenvalue weighted by molar-refractivity contribution is 9.10. The number of ether oxygens (including phenoxy) is 3. The molecule has 0 unspecified atom stereocenters. The Bertz CT molecular complexity index is 765. The van der Waals surface area contributed by atoms with E-state index in [1.54, 1.807) is 6.07 Å². The molecule has 0 bridgehead atoms. The van der Waals surface area contributed by atoms with Gasteiger partial charge in [0.25, 0.3) is 0 Å². The molecule has 3 N–H and O–H groups in total. The first-order chi connectivity index (χ1) is 12.3. The van der Waals surface area contributed by atoms with Crippen molar-refractivity contribution >= 4 is 33.9 Å². The molecular weight excluding hydrogens is 412 g/mol. The van der Waals surface area contributed by atoms with E-state index in [2.05, 4.69) is 33.1 Å². The van der Waals surface area contributed by atoms with Gasteiger partial charge < -0.3 is 30.0 Å². The highest BCUT2D eigenvalue weighted by Gasteiger charge is 2.39. The van der Waals surface area contributed by atoms with E-state index in [9.17, 15) is 14.4 Å². The number of amides is 2. The Morgan fingerprint density at radius 1 is 1.31 bits per heavy atom. The number of methoxy groups -OCH3 is 2. The zero-order valence-electron chi connectivity index (χ0n) is 14.0. The Hall–Kier alpha value is -2.75. The summed E-state index contributed by atoms with van der Waals surface area (Å²) in [4.78, 5) is 34.7. The number of carbonyl (C=O) groups is 3. The van der Waals surface area contributed by atoms with Gasteiger partial charge in [-0.05, 0) is 17.7 Å². The lowest BCUT2D eigenvalue weighted by Gasteiger charge is -2.33. The lowest BCUT2D eigenvalue weighted by molar-refractivity contribution is -0.145. The predicted octanol–water partition coefficient (Wildman–Crippen LogP) is 1.58. The van der Waals surface area contributed by atoms with Crippen molar-refractivity contribution in [3.8, 4) is 11.5 Å². The second-order valence-electron chi connectivity index (χ2n) is 5.31. The van der Waals surface area contributed by atoms with E-state index in [0.29, 0.717) is 10.0 Å². The number of carboxylic acid groups (broad SMARTS) is 1. The number of urea groups is 1. The average molecular weight is 429 g/mol. The lowest BCUT2D eigenvalue weighted by atomic mass is 9.89. The Kier molecular flexibility index (Phi) is 6.09. The van der Waals surface area contributed by atoms with E-state index in [1.807, 2.05) is 0 Å². The van der Waals surface area contributed by atoms with Crippen LogP contribution in [-0.2, 0) is 14.3 Å². The fourth-order valence-electron chi connectivity index (χ4n) is 2.55. The van der Waals surface area contributed by atoms with Crippen LogP contribution >= 0.6 is 15.9 Å². The molecule has 0 aliphatic carbocycles. The second kappa shape index (κ2) is 8.09. The van der Waals surface area contributed by atoms with Crippen LogP contribution in [0.5, 0.6) is 11.5 Å². The molecule has 1 heterocycles. The maximum absolute atomic E-state index is 12.2. The third-order valence-corrected chi connectivity index (χ3v) is 4.38. The number of carboxylic acids is 1. The third kappa shape index (κ3) is 4.07. The Balaban J connectivity index is 2.47. The van der Waals surface area contributed by atoms with Crippen molar-refractivity contribution in [1.82, 2.24) is 10.6 Å². The van der Waals surface area contributed by atoms with Gasteiger partial charge in [0.1, 0.15) is 5.92 Å². The molecule has 2 rings (SSSR count). The van der Waals surface area contributed by atoms with Crippen LogP contribution < -0.4 is 20.1 Å². The van der Waals surface area contributed by atoms with Gasteiger partial charge in [-0.3, -0.25) is 4.79 Å². The largest absolute Gasteiger partial charge is 0.493 e. The van der Waals surface area contributed by atoms with Gasteiger partial charge in [-0.15, -0.1) is 0 Å². The van der Waals surface area contributed by atoms with Crippen LogP contribution in [0, 0.1) is 5.92 Å². The van der Waals surface area contributed by atoms with Gasteiger partial charge in [0.15, 0.2) is 18.1 Å². The van der Waals surface area contributed by atoms with Crippen molar-refractivity contribution in [2.24, 2.45) is 5.92 Å². The number of benzene rings is 1. The first-order valence-electron chi connectivity index (χ1n) is 7.34. The number of nitrogens with one attached hydrogen (secondary N) is 2. The van der Waals surface area contributed by atoms with Crippen molar-refractivity contribution in [2.45, 2.75) is 6.04 Å². The first kappa shape index (κ1) is 19.6. The number of hydrogen-bond donors (Lipinski definition) is 3. The highest BCUT2D eigenvalue weighted by Crippen LogP contribution is 2.40. The summed E-state index contributed by atoms with van der Waals surface area (Å²) in [5.41, 5.74) is 0.707. The van der Waals surface area contributed by atoms with E-state index in [0.717, 1.165) is 0 Å². The van der Waals surface area contributed by atoms with Gasteiger partial charge in [0.2, 0.25) is 0 Å². The molecule has 1 saturated heterocycles. The van der Waals surface area contributed by atoms with Gasteiger partial charge in [-0.2, -0.15) is 0 Å². The standard InChI is InChI=1S/C16H17BrN2O7/c1-7-13(15(22)25-3)14(19-16(23)18-7)8-4-10(24-2)11(5-9(8)17)26-6-12(20)21/h4-5,13-14H,1,6H2,2-3H3,(H,20,21)(H2,18,19,23)/t13-,14+/m1/s1. The minimum Gasteiger partial charge on any atom is -0.493 e.